The van der Waals surface area contributed by atoms with Gasteiger partial charge in [0.15, 0.2) is 5.75 Å². The number of carbonyl (C=O) groups is 1. The van der Waals surface area contributed by atoms with Crippen LogP contribution >= 0.6 is 23.2 Å². The monoisotopic (exact) mass is 423 g/mol. The summed E-state index contributed by atoms with van der Waals surface area (Å²) >= 11 is 12.6. The lowest BCUT2D eigenvalue weighted by atomic mass is 10.1. The van der Waals surface area contributed by atoms with E-state index in [9.17, 15) is 4.79 Å². The Labute approximate surface area is 177 Å². The van der Waals surface area contributed by atoms with E-state index >= 15 is 0 Å². The number of amides is 1. The van der Waals surface area contributed by atoms with Crippen molar-refractivity contribution in [1.82, 2.24) is 0 Å². The van der Waals surface area contributed by atoms with Gasteiger partial charge in [0.25, 0.3) is 5.91 Å². The number of carbonyl (C=O) groups excluding carboxylic acids is 1. The maximum atomic E-state index is 12.5. The Hall–Kier alpha value is -1.91. The molecule has 4 nitrogen and oxygen atoms in total. The molecule has 1 N–H and O–H groups in total. The van der Waals surface area contributed by atoms with E-state index in [2.05, 4.69) is 12.2 Å². The molecule has 0 bridgehead atoms. The second-order valence-electron chi connectivity index (χ2n) is 6.44. The maximum absolute atomic E-state index is 12.5. The van der Waals surface area contributed by atoms with E-state index in [0.717, 1.165) is 18.6 Å². The van der Waals surface area contributed by atoms with Gasteiger partial charge in [0.05, 0.1) is 23.3 Å². The molecule has 0 aliphatic heterocycles. The van der Waals surface area contributed by atoms with Gasteiger partial charge < -0.3 is 14.8 Å². The highest BCUT2D eigenvalue weighted by molar-refractivity contribution is 6.37. The Kier molecular flexibility index (Phi) is 9.45. The van der Waals surface area contributed by atoms with Crippen LogP contribution in [0, 0.1) is 0 Å². The minimum atomic E-state index is -0.293. The number of ether oxygens (including phenoxy) is 2. The smallest absolute Gasteiger partial charge is 0.255 e. The summed E-state index contributed by atoms with van der Waals surface area (Å²) < 4.78 is 11.1. The van der Waals surface area contributed by atoms with Crippen LogP contribution in [0.2, 0.25) is 10.0 Å². The van der Waals surface area contributed by atoms with Crippen molar-refractivity contribution < 1.29 is 14.3 Å². The lowest BCUT2D eigenvalue weighted by Crippen LogP contribution is -2.12. The standard InChI is InChI=1S/C22H27Cl2NO3/c1-3-5-6-7-8-13-28-21-19(23)14-16(15-20(21)24)22(26)25-17-9-11-18(12-10-17)27-4-2/h9-12,14-15H,3-8,13H2,1-2H3,(H,25,26). The minimum Gasteiger partial charge on any atom is -0.494 e. The second kappa shape index (κ2) is 11.8. The third-order valence-corrected chi connectivity index (χ3v) is 4.74. The van der Waals surface area contributed by atoms with Crippen molar-refractivity contribution in [3.05, 3.63) is 52.0 Å². The average Bonchev–Trinajstić information content (AvgIpc) is 2.68. The number of hydrogen-bond acceptors (Lipinski definition) is 3. The van der Waals surface area contributed by atoms with Crippen LogP contribution in [0.5, 0.6) is 11.5 Å². The number of halogens is 2. The summed E-state index contributed by atoms with van der Waals surface area (Å²) in [5.41, 5.74) is 1.03. The summed E-state index contributed by atoms with van der Waals surface area (Å²) in [6.45, 7) is 5.25. The van der Waals surface area contributed by atoms with Crippen LogP contribution in [0.4, 0.5) is 5.69 Å². The zero-order valence-electron chi connectivity index (χ0n) is 16.4. The lowest BCUT2D eigenvalue weighted by molar-refractivity contribution is 0.102. The van der Waals surface area contributed by atoms with Gasteiger partial charge in [-0.3, -0.25) is 4.79 Å². The van der Waals surface area contributed by atoms with Crippen molar-refractivity contribution in [2.24, 2.45) is 0 Å². The molecule has 0 aliphatic rings. The molecule has 0 aliphatic carbocycles. The van der Waals surface area contributed by atoms with Gasteiger partial charge >= 0.3 is 0 Å². The Morgan fingerprint density at radius 2 is 1.57 bits per heavy atom. The largest absolute Gasteiger partial charge is 0.494 e. The second-order valence-corrected chi connectivity index (χ2v) is 7.26. The molecule has 28 heavy (non-hydrogen) atoms. The van der Waals surface area contributed by atoms with Crippen molar-refractivity contribution >= 4 is 34.8 Å². The lowest BCUT2D eigenvalue weighted by Gasteiger charge is -2.12. The fourth-order valence-corrected chi connectivity index (χ4v) is 3.31. The molecule has 2 aromatic carbocycles. The first-order valence-electron chi connectivity index (χ1n) is 9.71. The molecule has 6 heteroatoms. The summed E-state index contributed by atoms with van der Waals surface area (Å²) in [6.07, 6.45) is 5.71. The van der Waals surface area contributed by atoms with Crippen molar-refractivity contribution in [2.75, 3.05) is 18.5 Å². The van der Waals surface area contributed by atoms with Gasteiger partial charge in [0.2, 0.25) is 0 Å². The van der Waals surface area contributed by atoms with E-state index in [4.69, 9.17) is 32.7 Å². The minimum absolute atomic E-state index is 0.293. The quantitative estimate of drug-likeness (QED) is 0.395. The van der Waals surface area contributed by atoms with Crippen molar-refractivity contribution in [1.29, 1.82) is 0 Å². The number of rotatable bonds is 11. The molecule has 0 fully saturated rings. The van der Waals surface area contributed by atoms with Gasteiger partial charge in [-0.2, -0.15) is 0 Å². The van der Waals surface area contributed by atoms with Gasteiger partial charge in [0.1, 0.15) is 5.75 Å². The Morgan fingerprint density at radius 1 is 0.929 bits per heavy atom. The number of unbranched alkanes of at least 4 members (excludes halogenated alkanes) is 4. The fraction of sp³-hybridized carbons (Fsp3) is 0.409. The van der Waals surface area contributed by atoms with E-state index in [1.54, 1.807) is 36.4 Å². The summed E-state index contributed by atoms with van der Waals surface area (Å²) in [7, 11) is 0. The summed E-state index contributed by atoms with van der Waals surface area (Å²) in [5, 5.41) is 3.48. The normalized spacial score (nSPS) is 10.6. The van der Waals surface area contributed by atoms with Crippen LogP contribution in [0.25, 0.3) is 0 Å². The van der Waals surface area contributed by atoms with Gasteiger partial charge in [0, 0.05) is 11.3 Å². The number of benzene rings is 2. The highest BCUT2D eigenvalue weighted by atomic mass is 35.5. The summed E-state index contributed by atoms with van der Waals surface area (Å²) in [6, 6.07) is 10.3. The SMILES string of the molecule is CCCCCCCOc1c(Cl)cc(C(=O)Nc2ccc(OCC)cc2)cc1Cl. The van der Waals surface area contributed by atoms with E-state index in [0.29, 0.717) is 40.3 Å². The van der Waals surface area contributed by atoms with Crippen LogP contribution in [0.15, 0.2) is 36.4 Å². The topological polar surface area (TPSA) is 47.6 Å². The highest BCUT2D eigenvalue weighted by Gasteiger charge is 2.14. The molecule has 0 atom stereocenters. The van der Waals surface area contributed by atoms with E-state index in [-0.39, 0.29) is 5.91 Å². The van der Waals surface area contributed by atoms with Crippen molar-refractivity contribution in [3.63, 3.8) is 0 Å². The van der Waals surface area contributed by atoms with Crippen molar-refractivity contribution in [2.45, 2.75) is 46.0 Å². The molecule has 0 saturated carbocycles. The van der Waals surface area contributed by atoms with Crippen LogP contribution in [-0.2, 0) is 0 Å². The third kappa shape index (κ3) is 6.92. The predicted octanol–water partition coefficient (Wildman–Crippen LogP) is 6.99. The van der Waals surface area contributed by atoms with Crippen LogP contribution in [0.1, 0.15) is 56.3 Å². The van der Waals surface area contributed by atoms with Gasteiger partial charge in [-0.1, -0.05) is 55.8 Å². The molecular formula is C22H27Cl2NO3. The molecule has 0 radical (unpaired) electrons. The summed E-state index contributed by atoms with van der Waals surface area (Å²) in [5.74, 6) is 0.887. The number of anilines is 1. The highest BCUT2D eigenvalue weighted by Crippen LogP contribution is 2.34. The third-order valence-electron chi connectivity index (χ3n) is 4.18. The Balaban J connectivity index is 1.95. The maximum Gasteiger partial charge on any atom is 0.255 e. The molecule has 0 heterocycles. The molecule has 2 aromatic rings. The molecule has 2 rings (SSSR count). The molecule has 0 spiro atoms. The molecule has 0 saturated heterocycles. The van der Waals surface area contributed by atoms with Crippen molar-refractivity contribution in [3.8, 4) is 11.5 Å². The summed E-state index contributed by atoms with van der Waals surface area (Å²) in [4.78, 5) is 12.5. The molecule has 152 valence electrons. The first-order valence-corrected chi connectivity index (χ1v) is 10.5. The van der Waals surface area contributed by atoms with Crippen LogP contribution in [0.3, 0.4) is 0 Å². The van der Waals surface area contributed by atoms with Crippen LogP contribution < -0.4 is 14.8 Å². The number of nitrogens with one attached hydrogen (secondary N) is 1. The van der Waals surface area contributed by atoms with E-state index in [1.165, 1.54) is 19.3 Å². The molecule has 1 amide bonds. The predicted molar refractivity (Wildman–Crippen MR) is 116 cm³/mol. The molecular weight excluding hydrogens is 397 g/mol. The Bertz CT molecular complexity index is 740. The zero-order valence-corrected chi connectivity index (χ0v) is 17.9. The van der Waals surface area contributed by atoms with E-state index in [1.807, 2.05) is 6.92 Å². The van der Waals surface area contributed by atoms with Gasteiger partial charge in [-0.15, -0.1) is 0 Å². The number of hydrogen-bond donors (Lipinski definition) is 1. The first kappa shape index (κ1) is 22.4. The Morgan fingerprint density at radius 3 is 2.18 bits per heavy atom. The zero-order chi connectivity index (χ0) is 20.4. The molecule has 0 unspecified atom stereocenters. The van der Waals surface area contributed by atoms with E-state index < -0.39 is 0 Å². The average molecular weight is 424 g/mol. The van der Waals surface area contributed by atoms with Gasteiger partial charge in [-0.05, 0) is 49.7 Å². The van der Waals surface area contributed by atoms with Gasteiger partial charge in [-0.25, -0.2) is 0 Å². The fourth-order valence-electron chi connectivity index (χ4n) is 2.71. The molecule has 0 aromatic heterocycles. The first-order chi connectivity index (χ1) is 13.5. The van der Waals surface area contributed by atoms with Crippen LogP contribution in [-0.4, -0.2) is 19.1 Å².